The summed E-state index contributed by atoms with van der Waals surface area (Å²) in [7, 11) is 0. The average Bonchev–Trinajstić information content (AvgIpc) is 3.08. The van der Waals surface area contributed by atoms with Crippen LogP contribution in [0, 0.1) is 5.82 Å². The van der Waals surface area contributed by atoms with Crippen LogP contribution in [0.25, 0.3) is 0 Å². The smallest absolute Gasteiger partial charge is 0.242 e. The van der Waals surface area contributed by atoms with E-state index in [1.54, 1.807) is 18.3 Å². The number of rotatable bonds is 6. The molecule has 1 N–H and O–H groups in total. The van der Waals surface area contributed by atoms with Gasteiger partial charge >= 0.3 is 0 Å². The first-order valence-corrected chi connectivity index (χ1v) is 9.00. The Morgan fingerprint density at radius 1 is 1.28 bits per heavy atom. The van der Waals surface area contributed by atoms with Crippen LogP contribution < -0.4 is 5.32 Å². The molecular formula is C19H23FN4O. The van der Waals surface area contributed by atoms with E-state index in [1.807, 2.05) is 16.9 Å². The third kappa shape index (κ3) is 3.74. The lowest BCUT2D eigenvalue weighted by Crippen LogP contribution is -2.44. The molecule has 4 rings (SSSR count). The molecule has 2 unspecified atom stereocenters. The minimum atomic E-state index is -0.371. The Bertz CT molecular complexity index is 712. The summed E-state index contributed by atoms with van der Waals surface area (Å²) in [5.74, 6) is -0.249. The summed E-state index contributed by atoms with van der Waals surface area (Å²) >= 11 is 0. The van der Waals surface area contributed by atoms with Crippen molar-refractivity contribution in [3.63, 3.8) is 0 Å². The molecule has 1 amide bonds. The van der Waals surface area contributed by atoms with Crippen LogP contribution in [-0.4, -0.2) is 39.2 Å². The summed E-state index contributed by atoms with van der Waals surface area (Å²) in [5.41, 5.74) is 0.854. The summed E-state index contributed by atoms with van der Waals surface area (Å²) in [5, 5.41) is 7.43. The van der Waals surface area contributed by atoms with Gasteiger partial charge in [0.1, 0.15) is 11.9 Å². The molecule has 2 heterocycles. The van der Waals surface area contributed by atoms with E-state index in [-0.39, 0.29) is 23.8 Å². The monoisotopic (exact) mass is 342 g/mol. The summed E-state index contributed by atoms with van der Waals surface area (Å²) in [6.07, 6.45) is 7.93. The Kier molecular flexibility index (Phi) is 4.53. The van der Waals surface area contributed by atoms with Crippen molar-refractivity contribution < 1.29 is 9.18 Å². The van der Waals surface area contributed by atoms with Gasteiger partial charge in [0.25, 0.3) is 0 Å². The lowest BCUT2D eigenvalue weighted by atomic mass is 10.0. The molecule has 1 aliphatic carbocycles. The van der Waals surface area contributed by atoms with Gasteiger partial charge in [0.15, 0.2) is 0 Å². The van der Waals surface area contributed by atoms with E-state index in [9.17, 15) is 9.18 Å². The van der Waals surface area contributed by atoms with Crippen LogP contribution in [0.2, 0.25) is 0 Å². The highest BCUT2D eigenvalue weighted by Gasteiger charge is 2.37. The molecule has 132 valence electrons. The van der Waals surface area contributed by atoms with E-state index in [2.05, 4.69) is 15.3 Å². The predicted molar refractivity (Wildman–Crippen MR) is 92.3 cm³/mol. The van der Waals surface area contributed by atoms with E-state index >= 15 is 0 Å². The number of hydrogen-bond donors (Lipinski definition) is 1. The number of carbonyl (C=O) groups excluding carboxylic acids is 1. The van der Waals surface area contributed by atoms with Crippen molar-refractivity contribution >= 4 is 5.91 Å². The number of amides is 1. The van der Waals surface area contributed by atoms with E-state index in [4.69, 9.17) is 0 Å². The van der Waals surface area contributed by atoms with Crippen LogP contribution in [0.3, 0.4) is 0 Å². The SMILES string of the molecule is O=C(NC1CC1)C(c1ccc(F)cc1)N1CCCC1Cn1cccn1. The van der Waals surface area contributed by atoms with Gasteiger partial charge in [0.05, 0.1) is 6.54 Å². The van der Waals surface area contributed by atoms with E-state index in [0.717, 1.165) is 44.3 Å². The highest BCUT2D eigenvalue weighted by atomic mass is 19.1. The van der Waals surface area contributed by atoms with Crippen molar-refractivity contribution in [2.75, 3.05) is 6.54 Å². The zero-order valence-corrected chi connectivity index (χ0v) is 14.1. The Hall–Kier alpha value is -2.21. The highest BCUT2D eigenvalue weighted by Crippen LogP contribution is 2.32. The van der Waals surface area contributed by atoms with Crippen LogP contribution in [0.15, 0.2) is 42.7 Å². The lowest BCUT2D eigenvalue weighted by Gasteiger charge is -2.32. The number of nitrogens with one attached hydrogen (secondary N) is 1. The maximum Gasteiger partial charge on any atom is 0.242 e. The van der Waals surface area contributed by atoms with Gasteiger partial charge in [-0.1, -0.05) is 12.1 Å². The lowest BCUT2D eigenvalue weighted by molar-refractivity contribution is -0.127. The molecule has 2 aliphatic rings. The fraction of sp³-hybridized carbons (Fsp3) is 0.474. The van der Waals surface area contributed by atoms with Gasteiger partial charge in [-0.15, -0.1) is 0 Å². The first kappa shape index (κ1) is 16.3. The minimum Gasteiger partial charge on any atom is -0.352 e. The summed E-state index contributed by atoms with van der Waals surface area (Å²) in [6, 6.07) is 8.44. The van der Waals surface area contributed by atoms with Crippen molar-refractivity contribution in [1.82, 2.24) is 20.0 Å². The number of hydrogen-bond acceptors (Lipinski definition) is 3. The van der Waals surface area contributed by atoms with Crippen molar-refractivity contribution in [3.8, 4) is 0 Å². The van der Waals surface area contributed by atoms with E-state index in [0.29, 0.717) is 6.04 Å². The van der Waals surface area contributed by atoms with Gasteiger partial charge in [-0.2, -0.15) is 5.10 Å². The average molecular weight is 342 g/mol. The molecule has 0 radical (unpaired) electrons. The zero-order valence-electron chi connectivity index (χ0n) is 14.1. The van der Waals surface area contributed by atoms with E-state index in [1.165, 1.54) is 12.1 Å². The standard InChI is InChI=1S/C19H23FN4O/c20-15-6-4-14(5-7-15)18(19(25)22-16-8-9-16)24-12-1-3-17(24)13-23-11-2-10-21-23/h2,4-7,10-11,16-18H,1,3,8-9,12-13H2,(H,22,25). The number of aromatic nitrogens is 2. The largest absolute Gasteiger partial charge is 0.352 e. The Morgan fingerprint density at radius 2 is 2.08 bits per heavy atom. The molecule has 1 aromatic heterocycles. The van der Waals surface area contributed by atoms with Crippen molar-refractivity contribution in [2.45, 2.75) is 50.4 Å². The predicted octanol–water partition coefficient (Wildman–Crippen LogP) is 2.51. The molecule has 25 heavy (non-hydrogen) atoms. The van der Waals surface area contributed by atoms with Crippen molar-refractivity contribution in [2.24, 2.45) is 0 Å². The van der Waals surface area contributed by atoms with E-state index < -0.39 is 0 Å². The molecule has 2 aromatic rings. The first-order valence-electron chi connectivity index (χ1n) is 9.00. The molecular weight excluding hydrogens is 319 g/mol. The fourth-order valence-corrected chi connectivity index (χ4v) is 3.66. The molecule has 5 nitrogen and oxygen atoms in total. The topological polar surface area (TPSA) is 50.2 Å². The minimum absolute atomic E-state index is 0.0291. The number of benzene rings is 1. The van der Waals surface area contributed by atoms with Gasteiger partial charge in [-0.3, -0.25) is 14.4 Å². The van der Waals surface area contributed by atoms with Crippen LogP contribution in [0.1, 0.15) is 37.3 Å². The number of halogens is 1. The van der Waals surface area contributed by atoms with Crippen LogP contribution in [-0.2, 0) is 11.3 Å². The normalized spacial score (nSPS) is 22.0. The van der Waals surface area contributed by atoms with Crippen LogP contribution in [0.5, 0.6) is 0 Å². The number of likely N-dealkylation sites (tertiary alicyclic amines) is 1. The van der Waals surface area contributed by atoms with Crippen LogP contribution in [0.4, 0.5) is 4.39 Å². The van der Waals surface area contributed by atoms with Crippen molar-refractivity contribution in [1.29, 1.82) is 0 Å². The fourth-order valence-electron chi connectivity index (χ4n) is 3.66. The molecule has 2 fully saturated rings. The van der Waals surface area contributed by atoms with Gasteiger partial charge in [-0.25, -0.2) is 4.39 Å². The quantitative estimate of drug-likeness (QED) is 0.878. The molecule has 2 atom stereocenters. The molecule has 1 saturated carbocycles. The zero-order chi connectivity index (χ0) is 17.2. The summed E-state index contributed by atoms with van der Waals surface area (Å²) in [6.45, 7) is 1.63. The first-order chi connectivity index (χ1) is 12.2. The van der Waals surface area contributed by atoms with Crippen molar-refractivity contribution in [3.05, 3.63) is 54.1 Å². The Labute approximate surface area is 146 Å². The number of nitrogens with zero attached hydrogens (tertiary/aromatic N) is 3. The highest BCUT2D eigenvalue weighted by molar-refractivity contribution is 5.83. The molecule has 0 spiro atoms. The van der Waals surface area contributed by atoms with Gasteiger partial charge < -0.3 is 5.32 Å². The third-order valence-electron chi connectivity index (χ3n) is 5.07. The second kappa shape index (κ2) is 6.96. The second-order valence-electron chi connectivity index (χ2n) is 7.00. The molecule has 6 heteroatoms. The maximum atomic E-state index is 13.4. The van der Waals surface area contributed by atoms with Crippen LogP contribution >= 0.6 is 0 Å². The molecule has 1 aliphatic heterocycles. The Morgan fingerprint density at radius 3 is 2.76 bits per heavy atom. The van der Waals surface area contributed by atoms with Gasteiger partial charge in [0.2, 0.25) is 5.91 Å². The van der Waals surface area contributed by atoms with Gasteiger partial charge in [0, 0.05) is 24.5 Å². The number of carbonyl (C=O) groups is 1. The van der Waals surface area contributed by atoms with Gasteiger partial charge in [-0.05, 0) is 56.0 Å². The maximum absolute atomic E-state index is 13.4. The molecule has 1 saturated heterocycles. The second-order valence-corrected chi connectivity index (χ2v) is 7.00. The third-order valence-corrected chi connectivity index (χ3v) is 5.07. The summed E-state index contributed by atoms with van der Waals surface area (Å²) in [4.78, 5) is 15.2. The molecule has 0 bridgehead atoms. The summed E-state index contributed by atoms with van der Waals surface area (Å²) < 4.78 is 15.3. The molecule has 1 aromatic carbocycles. The Balaban J connectivity index is 1.59.